The van der Waals surface area contributed by atoms with Crippen LogP contribution in [0.5, 0.6) is 0 Å². The van der Waals surface area contributed by atoms with Crippen molar-refractivity contribution in [3.05, 3.63) is 41.4 Å². The first-order valence-corrected chi connectivity index (χ1v) is 11.1. The van der Waals surface area contributed by atoms with E-state index in [1.807, 2.05) is 0 Å². The van der Waals surface area contributed by atoms with E-state index in [4.69, 9.17) is 4.98 Å². The summed E-state index contributed by atoms with van der Waals surface area (Å²) >= 11 is 0. The summed E-state index contributed by atoms with van der Waals surface area (Å²) in [6, 6.07) is 0. The quantitative estimate of drug-likeness (QED) is 0.801. The Hall–Kier alpha value is -1.72. The lowest BCUT2D eigenvalue weighted by atomic mass is 10.0. The lowest BCUT2D eigenvalue weighted by Crippen LogP contribution is -2.46. The third-order valence-corrected chi connectivity index (χ3v) is 6.64. The van der Waals surface area contributed by atoms with Crippen molar-refractivity contribution in [2.24, 2.45) is 5.92 Å². The molecule has 1 aromatic heterocycles. The summed E-state index contributed by atoms with van der Waals surface area (Å²) in [7, 11) is 0. The molecule has 5 heteroatoms. The summed E-state index contributed by atoms with van der Waals surface area (Å²) in [6.07, 6.45) is 13.4. The van der Waals surface area contributed by atoms with Gasteiger partial charge in [0.05, 0.1) is 5.69 Å². The standard InChI is InChI=1S/C23H35N5/c1-3-26-13-15-28(16-14-26)23-21-9-11-27(12-10-22(21)24-18-25-23)17-20-6-4-5-19(2)7-8-20/h4-6,18,20H,3,7-17H2,1-2H3. The summed E-state index contributed by atoms with van der Waals surface area (Å²) in [4.78, 5) is 17.1. The van der Waals surface area contributed by atoms with Crippen LogP contribution in [0.4, 0.5) is 5.82 Å². The van der Waals surface area contributed by atoms with Crippen LogP contribution in [0, 0.1) is 5.92 Å². The molecule has 1 unspecified atom stereocenters. The molecule has 3 aliphatic rings. The predicted molar refractivity (Wildman–Crippen MR) is 116 cm³/mol. The number of hydrogen-bond acceptors (Lipinski definition) is 5. The van der Waals surface area contributed by atoms with Gasteiger partial charge < -0.3 is 14.7 Å². The maximum absolute atomic E-state index is 4.73. The normalized spacial score (nSPS) is 24.4. The van der Waals surface area contributed by atoms with Crippen LogP contribution >= 0.6 is 0 Å². The van der Waals surface area contributed by atoms with E-state index in [1.165, 1.54) is 42.0 Å². The van der Waals surface area contributed by atoms with E-state index in [0.29, 0.717) is 5.92 Å². The highest BCUT2D eigenvalue weighted by Crippen LogP contribution is 2.26. The van der Waals surface area contributed by atoms with Crippen LogP contribution in [0.25, 0.3) is 0 Å². The van der Waals surface area contributed by atoms with Crippen LogP contribution in [0.2, 0.25) is 0 Å². The van der Waals surface area contributed by atoms with Crippen molar-refractivity contribution in [1.29, 1.82) is 0 Å². The minimum absolute atomic E-state index is 0.669. The van der Waals surface area contributed by atoms with Crippen LogP contribution in [-0.4, -0.2) is 72.1 Å². The molecule has 1 aliphatic carbocycles. The molecule has 0 radical (unpaired) electrons. The molecule has 28 heavy (non-hydrogen) atoms. The van der Waals surface area contributed by atoms with Gasteiger partial charge in [-0.1, -0.05) is 30.7 Å². The fourth-order valence-electron chi connectivity index (χ4n) is 4.74. The molecular weight excluding hydrogens is 346 g/mol. The second kappa shape index (κ2) is 9.19. The molecule has 0 aromatic carbocycles. The summed E-state index contributed by atoms with van der Waals surface area (Å²) in [5.74, 6) is 1.87. The molecule has 1 fully saturated rings. The fourth-order valence-corrected chi connectivity index (χ4v) is 4.74. The lowest BCUT2D eigenvalue weighted by Gasteiger charge is -2.35. The van der Waals surface area contributed by atoms with Crippen molar-refractivity contribution in [1.82, 2.24) is 19.8 Å². The fraction of sp³-hybridized carbons (Fsp3) is 0.652. The second-order valence-corrected chi connectivity index (χ2v) is 8.54. The minimum Gasteiger partial charge on any atom is -0.354 e. The zero-order chi connectivity index (χ0) is 19.3. The number of fused-ring (bicyclic) bond motifs is 1. The van der Waals surface area contributed by atoms with Gasteiger partial charge in [-0.15, -0.1) is 0 Å². The third-order valence-electron chi connectivity index (χ3n) is 6.64. The Morgan fingerprint density at radius 2 is 1.79 bits per heavy atom. The van der Waals surface area contributed by atoms with Gasteiger partial charge in [0.15, 0.2) is 0 Å². The Bertz CT molecular complexity index is 718. The second-order valence-electron chi connectivity index (χ2n) is 8.54. The zero-order valence-electron chi connectivity index (χ0n) is 17.6. The summed E-state index contributed by atoms with van der Waals surface area (Å²) in [6.45, 7) is 13.5. The minimum atomic E-state index is 0.669. The van der Waals surface area contributed by atoms with Crippen LogP contribution in [0.1, 0.15) is 37.9 Å². The molecule has 5 nitrogen and oxygen atoms in total. The van der Waals surface area contributed by atoms with Gasteiger partial charge in [-0.25, -0.2) is 9.97 Å². The molecule has 0 saturated carbocycles. The van der Waals surface area contributed by atoms with Crippen molar-refractivity contribution in [2.75, 3.05) is 57.3 Å². The molecule has 0 bridgehead atoms. The number of rotatable bonds is 4. The molecule has 4 rings (SSSR count). The van der Waals surface area contributed by atoms with E-state index in [-0.39, 0.29) is 0 Å². The average molecular weight is 382 g/mol. The van der Waals surface area contributed by atoms with Gasteiger partial charge in [0, 0.05) is 57.8 Å². The van der Waals surface area contributed by atoms with Gasteiger partial charge in [-0.05, 0) is 38.6 Å². The molecule has 0 spiro atoms. The van der Waals surface area contributed by atoms with E-state index >= 15 is 0 Å². The third kappa shape index (κ3) is 4.64. The number of aromatic nitrogens is 2. The number of piperazine rings is 1. The maximum Gasteiger partial charge on any atom is 0.135 e. The van der Waals surface area contributed by atoms with Crippen molar-refractivity contribution in [3.8, 4) is 0 Å². The van der Waals surface area contributed by atoms with Gasteiger partial charge in [0.2, 0.25) is 0 Å². The van der Waals surface area contributed by atoms with Gasteiger partial charge in [-0.2, -0.15) is 0 Å². The van der Waals surface area contributed by atoms with E-state index < -0.39 is 0 Å². The molecule has 1 atom stereocenters. The highest BCUT2D eigenvalue weighted by Gasteiger charge is 2.24. The number of likely N-dealkylation sites (N-methyl/N-ethyl adjacent to an activating group) is 1. The number of anilines is 1. The molecule has 2 aliphatic heterocycles. The maximum atomic E-state index is 4.73. The Morgan fingerprint density at radius 3 is 2.61 bits per heavy atom. The number of hydrogen-bond donors (Lipinski definition) is 0. The lowest BCUT2D eigenvalue weighted by molar-refractivity contribution is 0.254. The van der Waals surface area contributed by atoms with Gasteiger partial charge in [-0.3, -0.25) is 0 Å². The van der Waals surface area contributed by atoms with Crippen molar-refractivity contribution in [2.45, 2.75) is 39.5 Å². The largest absolute Gasteiger partial charge is 0.354 e. The van der Waals surface area contributed by atoms with E-state index in [9.17, 15) is 0 Å². The Balaban J connectivity index is 1.40. The summed E-state index contributed by atoms with van der Waals surface area (Å²) in [5, 5.41) is 0. The highest BCUT2D eigenvalue weighted by atomic mass is 15.3. The van der Waals surface area contributed by atoms with E-state index in [2.05, 4.69) is 51.8 Å². The summed E-state index contributed by atoms with van der Waals surface area (Å²) in [5.41, 5.74) is 4.19. The molecule has 3 heterocycles. The number of allylic oxidation sites excluding steroid dienone is 3. The highest BCUT2D eigenvalue weighted by molar-refractivity contribution is 5.49. The molecule has 1 aromatic rings. The Morgan fingerprint density at radius 1 is 0.964 bits per heavy atom. The zero-order valence-corrected chi connectivity index (χ0v) is 17.6. The monoisotopic (exact) mass is 381 g/mol. The van der Waals surface area contributed by atoms with Crippen LogP contribution in [-0.2, 0) is 12.8 Å². The van der Waals surface area contributed by atoms with Crippen molar-refractivity contribution in [3.63, 3.8) is 0 Å². The Labute approximate surface area is 170 Å². The average Bonchev–Trinajstić information content (AvgIpc) is 3.06. The van der Waals surface area contributed by atoms with Crippen molar-refractivity contribution < 1.29 is 0 Å². The van der Waals surface area contributed by atoms with Gasteiger partial charge in [0.25, 0.3) is 0 Å². The molecule has 0 amide bonds. The first kappa shape index (κ1) is 19.6. The van der Waals surface area contributed by atoms with Crippen LogP contribution in [0.15, 0.2) is 30.1 Å². The first-order chi connectivity index (χ1) is 13.7. The molecule has 0 N–H and O–H groups in total. The van der Waals surface area contributed by atoms with Crippen LogP contribution < -0.4 is 4.90 Å². The molecular formula is C23H35N5. The topological polar surface area (TPSA) is 35.5 Å². The van der Waals surface area contributed by atoms with Crippen molar-refractivity contribution >= 4 is 5.82 Å². The van der Waals surface area contributed by atoms with E-state index in [0.717, 1.165) is 58.7 Å². The predicted octanol–water partition coefficient (Wildman–Crippen LogP) is 2.93. The SMILES string of the molecule is CCN1CCN(c2ncnc3c2CCN(CC2C=CC=C(C)CC2)CC3)CC1. The summed E-state index contributed by atoms with van der Waals surface area (Å²) < 4.78 is 0. The number of nitrogens with zero attached hydrogens (tertiary/aromatic N) is 5. The van der Waals surface area contributed by atoms with E-state index in [1.54, 1.807) is 6.33 Å². The van der Waals surface area contributed by atoms with Gasteiger partial charge >= 0.3 is 0 Å². The molecule has 1 saturated heterocycles. The first-order valence-electron chi connectivity index (χ1n) is 11.1. The molecule has 152 valence electrons. The van der Waals surface area contributed by atoms with Crippen LogP contribution in [0.3, 0.4) is 0 Å². The smallest absolute Gasteiger partial charge is 0.135 e. The van der Waals surface area contributed by atoms with Gasteiger partial charge in [0.1, 0.15) is 12.1 Å². The Kier molecular flexibility index (Phi) is 6.43.